The van der Waals surface area contributed by atoms with Gasteiger partial charge in [-0.2, -0.15) is 0 Å². The lowest BCUT2D eigenvalue weighted by atomic mass is 10.2. The van der Waals surface area contributed by atoms with E-state index in [1.54, 1.807) is 24.3 Å². The Morgan fingerprint density at radius 1 is 1.21 bits per heavy atom. The molecule has 0 aliphatic rings. The van der Waals surface area contributed by atoms with Gasteiger partial charge in [0, 0.05) is 11.9 Å². The molecule has 19 heavy (non-hydrogen) atoms. The Morgan fingerprint density at radius 2 is 1.89 bits per heavy atom. The standard InChI is InChI=1S/C12H12FN3O2S/c13-11-7-15-6-5-12(11)16-19(17,18)8-9-1-3-10(14)4-2-9/h1-7H,8,14H2,(H,15,16). The SMILES string of the molecule is Nc1ccc(CS(=O)(=O)Nc2ccncc2F)cc1. The first kappa shape index (κ1) is 13.3. The number of hydrogen-bond acceptors (Lipinski definition) is 4. The van der Waals surface area contributed by atoms with Crippen LogP contribution in [0.4, 0.5) is 15.8 Å². The molecule has 7 heteroatoms. The summed E-state index contributed by atoms with van der Waals surface area (Å²) in [6, 6.07) is 7.69. The lowest BCUT2D eigenvalue weighted by molar-refractivity contribution is 0.597. The summed E-state index contributed by atoms with van der Waals surface area (Å²) in [6.07, 6.45) is 2.26. The second-order valence-corrected chi connectivity index (χ2v) is 5.68. The van der Waals surface area contributed by atoms with E-state index in [1.165, 1.54) is 12.3 Å². The van der Waals surface area contributed by atoms with Crippen LogP contribution in [0.1, 0.15) is 5.56 Å². The predicted octanol–water partition coefficient (Wildman–Crippen LogP) is 1.74. The number of halogens is 1. The lowest BCUT2D eigenvalue weighted by Crippen LogP contribution is -2.16. The molecule has 0 fully saturated rings. The van der Waals surface area contributed by atoms with Gasteiger partial charge in [0.2, 0.25) is 10.0 Å². The summed E-state index contributed by atoms with van der Waals surface area (Å²) in [5.41, 5.74) is 6.51. The number of aromatic nitrogens is 1. The minimum absolute atomic E-state index is 0.120. The van der Waals surface area contributed by atoms with E-state index in [2.05, 4.69) is 9.71 Å². The molecular weight excluding hydrogens is 269 g/mol. The summed E-state index contributed by atoms with van der Waals surface area (Å²) in [5, 5.41) is 0. The summed E-state index contributed by atoms with van der Waals surface area (Å²) in [4.78, 5) is 3.54. The fourth-order valence-electron chi connectivity index (χ4n) is 1.49. The van der Waals surface area contributed by atoms with E-state index in [-0.39, 0.29) is 11.4 Å². The molecule has 1 heterocycles. The molecule has 100 valence electrons. The molecule has 0 aliphatic carbocycles. The molecule has 2 aromatic rings. The highest BCUT2D eigenvalue weighted by atomic mass is 32.2. The fraction of sp³-hybridized carbons (Fsp3) is 0.0833. The molecule has 0 aliphatic heterocycles. The Balaban J connectivity index is 2.15. The third kappa shape index (κ3) is 3.65. The normalized spacial score (nSPS) is 11.2. The van der Waals surface area contributed by atoms with Gasteiger partial charge in [0.05, 0.1) is 17.6 Å². The molecular formula is C12H12FN3O2S. The Bertz CT molecular complexity index is 672. The van der Waals surface area contributed by atoms with E-state index < -0.39 is 15.8 Å². The van der Waals surface area contributed by atoms with Crippen LogP contribution in [0.3, 0.4) is 0 Å². The highest BCUT2D eigenvalue weighted by Gasteiger charge is 2.14. The quantitative estimate of drug-likeness (QED) is 0.836. The number of nitrogens with one attached hydrogen (secondary N) is 1. The molecule has 5 nitrogen and oxygen atoms in total. The van der Waals surface area contributed by atoms with Gasteiger partial charge >= 0.3 is 0 Å². The van der Waals surface area contributed by atoms with Gasteiger partial charge in [-0.3, -0.25) is 9.71 Å². The Labute approximate surface area is 110 Å². The first-order valence-electron chi connectivity index (χ1n) is 5.41. The molecule has 3 N–H and O–H groups in total. The van der Waals surface area contributed by atoms with Crippen LogP contribution in [0, 0.1) is 5.82 Å². The number of anilines is 2. The van der Waals surface area contributed by atoms with Crippen molar-refractivity contribution in [2.75, 3.05) is 10.5 Å². The van der Waals surface area contributed by atoms with Gasteiger partial charge in [-0.1, -0.05) is 12.1 Å². The summed E-state index contributed by atoms with van der Waals surface area (Å²) in [6.45, 7) is 0. The summed E-state index contributed by atoms with van der Waals surface area (Å²) in [7, 11) is -3.68. The van der Waals surface area contributed by atoms with Crippen molar-refractivity contribution in [1.82, 2.24) is 4.98 Å². The van der Waals surface area contributed by atoms with E-state index in [9.17, 15) is 12.8 Å². The van der Waals surface area contributed by atoms with Crippen LogP contribution in [-0.4, -0.2) is 13.4 Å². The van der Waals surface area contributed by atoms with E-state index in [0.29, 0.717) is 11.3 Å². The van der Waals surface area contributed by atoms with Gasteiger partial charge in [0.15, 0.2) is 5.82 Å². The molecule has 0 saturated carbocycles. The first-order chi connectivity index (χ1) is 8.96. The number of hydrogen-bond donors (Lipinski definition) is 2. The lowest BCUT2D eigenvalue weighted by Gasteiger charge is -2.08. The maximum Gasteiger partial charge on any atom is 0.237 e. The molecule has 0 spiro atoms. The van der Waals surface area contributed by atoms with Crippen LogP contribution < -0.4 is 10.5 Å². The van der Waals surface area contributed by atoms with Crippen LogP contribution in [0.15, 0.2) is 42.7 Å². The van der Waals surface area contributed by atoms with Crippen LogP contribution in [-0.2, 0) is 15.8 Å². The first-order valence-corrected chi connectivity index (χ1v) is 7.06. The predicted molar refractivity (Wildman–Crippen MR) is 71.3 cm³/mol. The van der Waals surface area contributed by atoms with Crippen molar-refractivity contribution in [3.05, 3.63) is 54.1 Å². The Kier molecular flexibility index (Phi) is 3.66. The third-order valence-electron chi connectivity index (χ3n) is 2.37. The Morgan fingerprint density at radius 3 is 2.53 bits per heavy atom. The van der Waals surface area contributed by atoms with Gasteiger partial charge in [-0.15, -0.1) is 0 Å². The van der Waals surface area contributed by atoms with E-state index in [0.717, 1.165) is 6.20 Å². The van der Waals surface area contributed by atoms with Crippen molar-refractivity contribution >= 4 is 21.4 Å². The van der Waals surface area contributed by atoms with Crippen molar-refractivity contribution in [3.8, 4) is 0 Å². The van der Waals surface area contributed by atoms with Gasteiger partial charge in [-0.05, 0) is 23.8 Å². The summed E-state index contributed by atoms with van der Waals surface area (Å²) < 4.78 is 39.2. The number of sulfonamides is 1. The summed E-state index contributed by atoms with van der Waals surface area (Å²) >= 11 is 0. The number of benzene rings is 1. The Hall–Kier alpha value is -2.15. The fourth-order valence-corrected chi connectivity index (χ4v) is 2.70. The van der Waals surface area contributed by atoms with Crippen molar-refractivity contribution < 1.29 is 12.8 Å². The zero-order chi connectivity index (χ0) is 13.9. The maximum absolute atomic E-state index is 13.3. The topological polar surface area (TPSA) is 85.1 Å². The number of nitrogens with zero attached hydrogens (tertiary/aromatic N) is 1. The van der Waals surface area contributed by atoms with Crippen molar-refractivity contribution in [1.29, 1.82) is 0 Å². The number of rotatable bonds is 4. The van der Waals surface area contributed by atoms with E-state index in [4.69, 9.17) is 5.73 Å². The molecule has 0 atom stereocenters. The van der Waals surface area contributed by atoms with Crippen LogP contribution >= 0.6 is 0 Å². The zero-order valence-electron chi connectivity index (χ0n) is 9.88. The second-order valence-electron chi connectivity index (χ2n) is 3.96. The van der Waals surface area contributed by atoms with Crippen LogP contribution in [0.5, 0.6) is 0 Å². The van der Waals surface area contributed by atoms with Crippen LogP contribution in [0.2, 0.25) is 0 Å². The molecule has 0 bridgehead atoms. The number of nitrogens with two attached hydrogens (primary N) is 1. The molecule has 0 radical (unpaired) electrons. The second kappa shape index (κ2) is 5.23. The molecule has 1 aromatic heterocycles. The van der Waals surface area contributed by atoms with E-state index >= 15 is 0 Å². The summed E-state index contributed by atoms with van der Waals surface area (Å²) in [5.74, 6) is -0.974. The average molecular weight is 281 g/mol. The average Bonchev–Trinajstić information content (AvgIpc) is 2.35. The van der Waals surface area contributed by atoms with Crippen molar-refractivity contribution in [2.24, 2.45) is 0 Å². The molecule has 0 unspecified atom stereocenters. The zero-order valence-corrected chi connectivity index (χ0v) is 10.7. The highest BCUT2D eigenvalue weighted by Crippen LogP contribution is 2.16. The molecule has 0 saturated heterocycles. The van der Waals surface area contributed by atoms with Gasteiger partial charge in [0.25, 0.3) is 0 Å². The van der Waals surface area contributed by atoms with Crippen LogP contribution in [0.25, 0.3) is 0 Å². The highest BCUT2D eigenvalue weighted by molar-refractivity contribution is 7.91. The smallest absolute Gasteiger partial charge is 0.237 e. The largest absolute Gasteiger partial charge is 0.399 e. The monoisotopic (exact) mass is 281 g/mol. The molecule has 2 rings (SSSR count). The van der Waals surface area contributed by atoms with Gasteiger partial charge < -0.3 is 5.73 Å². The number of pyridine rings is 1. The van der Waals surface area contributed by atoms with E-state index in [1.807, 2.05) is 0 Å². The van der Waals surface area contributed by atoms with Gasteiger partial charge in [0.1, 0.15) is 0 Å². The van der Waals surface area contributed by atoms with Crippen molar-refractivity contribution in [3.63, 3.8) is 0 Å². The maximum atomic E-state index is 13.3. The van der Waals surface area contributed by atoms with Crippen molar-refractivity contribution in [2.45, 2.75) is 5.75 Å². The number of nitrogen functional groups attached to an aromatic ring is 1. The third-order valence-corrected chi connectivity index (χ3v) is 3.62. The molecule has 0 amide bonds. The minimum Gasteiger partial charge on any atom is -0.399 e. The minimum atomic E-state index is -3.68. The van der Waals surface area contributed by atoms with Gasteiger partial charge in [-0.25, -0.2) is 12.8 Å². The molecule has 1 aromatic carbocycles.